The monoisotopic (exact) mass is 311 g/mol. The summed E-state index contributed by atoms with van der Waals surface area (Å²) in [5.41, 5.74) is 4.72. The summed E-state index contributed by atoms with van der Waals surface area (Å²) in [6.45, 7) is 5.67. The van der Waals surface area contributed by atoms with Gasteiger partial charge in [0.25, 0.3) is 0 Å². The van der Waals surface area contributed by atoms with Gasteiger partial charge in [0.2, 0.25) is 0 Å². The molecular formula is C14H21ClF3NO. The molecule has 20 heavy (non-hydrogen) atoms. The van der Waals surface area contributed by atoms with Gasteiger partial charge in [0, 0.05) is 6.04 Å². The third kappa shape index (κ3) is 4.96. The number of aliphatic hydroxyl groups excluding tert-OH is 1. The number of hydrogen-bond donors (Lipinski definition) is 2. The van der Waals surface area contributed by atoms with Crippen molar-refractivity contribution in [2.75, 3.05) is 0 Å². The van der Waals surface area contributed by atoms with Gasteiger partial charge in [0.1, 0.15) is 0 Å². The highest BCUT2D eigenvalue weighted by Crippen LogP contribution is 2.36. The molecule has 1 aromatic rings. The molecular weight excluding hydrogens is 291 g/mol. The number of hydrogen-bond acceptors (Lipinski definition) is 2. The molecule has 0 bridgehead atoms. The van der Waals surface area contributed by atoms with Gasteiger partial charge in [0.05, 0.1) is 11.7 Å². The molecule has 1 aromatic carbocycles. The zero-order chi connectivity index (χ0) is 14.8. The second-order valence-electron chi connectivity index (χ2n) is 5.81. The minimum absolute atomic E-state index is 0. The first-order valence-corrected chi connectivity index (χ1v) is 6.13. The Balaban J connectivity index is 0.00000361. The molecule has 1 rings (SSSR count). The molecule has 2 atom stereocenters. The first kappa shape index (κ1) is 19.2. The van der Waals surface area contributed by atoms with Crippen molar-refractivity contribution < 1.29 is 18.3 Å². The van der Waals surface area contributed by atoms with Gasteiger partial charge in [-0.1, -0.05) is 39.0 Å². The lowest BCUT2D eigenvalue weighted by molar-refractivity contribution is -0.139. The molecule has 0 aliphatic heterocycles. The van der Waals surface area contributed by atoms with Crippen molar-refractivity contribution >= 4 is 12.4 Å². The third-order valence-corrected chi connectivity index (χ3v) is 3.21. The Morgan fingerprint density at radius 3 is 2.10 bits per heavy atom. The minimum atomic E-state index is -4.47. The Bertz CT molecular complexity index is 429. The molecule has 0 spiro atoms. The topological polar surface area (TPSA) is 46.2 Å². The number of aliphatic hydroxyl groups is 1. The van der Waals surface area contributed by atoms with Gasteiger partial charge in [-0.05, 0) is 23.5 Å². The van der Waals surface area contributed by atoms with Crippen molar-refractivity contribution in [3.05, 3.63) is 35.4 Å². The molecule has 116 valence electrons. The predicted molar refractivity (Wildman–Crippen MR) is 75.7 cm³/mol. The van der Waals surface area contributed by atoms with E-state index in [1.165, 1.54) is 18.2 Å². The van der Waals surface area contributed by atoms with Crippen LogP contribution in [0.3, 0.4) is 0 Å². The van der Waals surface area contributed by atoms with Crippen molar-refractivity contribution in [1.82, 2.24) is 0 Å². The maximum atomic E-state index is 12.8. The highest BCUT2D eigenvalue weighted by molar-refractivity contribution is 5.85. The van der Waals surface area contributed by atoms with Gasteiger partial charge in [-0.15, -0.1) is 12.4 Å². The average molecular weight is 312 g/mol. The predicted octanol–water partition coefficient (Wildman–Crippen LogP) is 3.92. The van der Waals surface area contributed by atoms with E-state index >= 15 is 0 Å². The van der Waals surface area contributed by atoms with Gasteiger partial charge in [-0.2, -0.15) is 13.2 Å². The van der Waals surface area contributed by atoms with Crippen LogP contribution in [0, 0.1) is 5.41 Å². The molecule has 0 saturated carbocycles. The fourth-order valence-electron chi connectivity index (χ4n) is 1.77. The summed E-state index contributed by atoms with van der Waals surface area (Å²) >= 11 is 0. The van der Waals surface area contributed by atoms with E-state index in [0.29, 0.717) is 0 Å². The first-order chi connectivity index (χ1) is 8.53. The largest absolute Gasteiger partial charge is 0.416 e. The van der Waals surface area contributed by atoms with E-state index in [0.717, 1.165) is 6.07 Å². The van der Waals surface area contributed by atoms with Crippen molar-refractivity contribution in [2.45, 2.75) is 45.5 Å². The normalized spacial score (nSPS) is 15.4. The lowest BCUT2D eigenvalue weighted by Crippen LogP contribution is -2.36. The summed E-state index contributed by atoms with van der Waals surface area (Å²) in [5, 5.41) is 10.0. The van der Waals surface area contributed by atoms with Crippen molar-refractivity contribution in [2.24, 2.45) is 11.1 Å². The second kappa shape index (κ2) is 6.78. The molecule has 0 fully saturated rings. The van der Waals surface area contributed by atoms with Crippen LogP contribution in [0.25, 0.3) is 0 Å². The smallest absolute Gasteiger partial charge is 0.388 e. The number of halogens is 4. The third-order valence-electron chi connectivity index (χ3n) is 3.21. The van der Waals surface area contributed by atoms with Gasteiger partial charge < -0.3 is 10.8 Å². The number of nitrogens with two attached hydrogens (primary N) is 1. The summed E-state index contributed by atoms with van der Waals surface area (Å²) in [6, 6.07) is 4.67. The van der Waals surface area contributed by atoms with E-state index in [4.69, 9.17) is 5.73 Å². The quantitative estimate of drug-likeness (QED) is 0.888. The van der Waals surface area contributed by atoms with Gasteiger partial charge in [-0.3, -0.25) is 0 Å². The lowest BCUT2D eigenvalue weighted by atomic mass is 9.82. The van der Waals surface area contributed by atoms with E-state index in [1.54, 1.807) is 0 Å². The van der Waals surface area contributed by atoms with Crippen LogP contribution >= 0.6 is 12.4 Å². The summed E-state index contributed by atoms with van der Waals surface area (Å²) < 4.78 is 38.5. The fourth-order valence-corrected chi connectivity index (χ4v) is 1.77. The van der Waals surface area contributed by atoms with Crippen LogP contribution in [0.4, 0.5) is 13.2 Å². The zero-order valence-electron chi connectivity index (χ0n) is 11.7. The van der Waals surface area contributed by atoms with E-state index in [2.05, 4.69) is 0 Å². The maximum absolute atomic E-state index is 12.8. The van der Waals surface area contributed by atoms with Crippen LogP contribution in [0.1, 0.15) is 44.4 Å². The highest BCUT2D eigenvalue weighted by Gasteiger charge is 2.35. The van der Waals surface area contributed by atoms with E-state index in [1.807, 2.05) is 20.8 Å². The molecule has 6 heteroatoms. The van der Waals surface area contributed by atoms with E-state index in [9.17, 15) is 18.3 Å². The molecule has 0 heterocycles. The van der Waals surface area contributed by atoms with Crippen LogP contribution in [0.5, 0.6) is 0 Å². The second-order valence-corrected chi connectivity index (χ2v) is 5.81. The van der Waals surface area contributed by atoms with Crippen molar-refractivity contribution in [3.8, 4) is 0 Å². The summed E-state index contributed by atoms with van der Waals surface area (Å²) in [4.78, 5) is 0. The van der Waals surface area contributed by atoms with Crippen LogP contribution in [-0.4, -0.2) is 11.1 Å². The standard InChI is InChI=1S/C14H20F3NO.ClH/c1-13(2,3)12(18)8-11(19)9-6-4-5-7-10(9)14(15,16)17;/h4-7,11-12,19H,8,18H2,1-3H3;1H/t11-,12-;/m0./s1. The molecule has 0 aliphatic rings. The molecule has 0 amide bonds. The SMILES string of the molecule is CC(C)(C)[C@@H](N)C[C@H](O)c1ccccc1C(F)(F)F.Cl. The molecule has 0 aromatic heterocycles. The average Bonchev–Trinajstić information content (AvgIpc) is 2.26. The van der Waals surface area contributed by atoms with Crippen LogP contribution in [0.2, 0.25) is 0 Å². The molecule has 0 saturated heterocycles. The van der Waals surface area contributed by atoms with Crippen LogP contribution in [0.15, 0.2) is 24.3 Å². The molecule has 0 radical (unpaired) electrons. The number of benzene rings is 1. The Morgan fingerprint density at radius 2 is 1.65 bits per heavy atom. The maximum Gasteiger partial charge on any atom is 0.416 e. The number of alkyl halides is 3. The highest BCUT2D eigenvalue weighted by atomic mass is 35.5. The van der Waals surface area contributed by atoms with Crippen molar-refractivity contribution in [1.29, 1.82) is 0 Å². The summed E-state index contributed by atoms with van der Waals surface area (Å²) in [6.07, 6.45) is -5.59. The Morgan fingerprint density at radius 1 is 1.15 bits per heavy atom. The van der Waals surface area contributed by atoms with Crippen LogP contribution in [-0.2, 0) is 6.18 Å². The number of rotatable bonds is 3. The van der Waals surface area contributed by atoms with E-state index < -0.39 is 17.8 Å². The van der Waals surface area contributed by atoms with Crippen molar-refractivity contribution in [3.63, 3.8) is 0 Å². The molecule has 0 aliphatic carbocycles. The molecule has 2 nitrogen and oxygen atoms in total. The Hall–Kier alpha value is -0.780. The first-order valence-electron chi connectivity index (χ1n) is 6.13. The minimum Gasteiger partial charge on any atom is -0.388 e. The zero-order valence-corrected chi connectivity index (χ0v) is 12.6. The fraction of sp³-hybridized carbons (Fsp3) is 0.571. The molecule has 3 N–H and O–H groups in total. The summed E-state index contributed by atoms with van der Waals surface area (Å²) in [7, 11) is 0. The Kier molecular flexibility index (Phi) is 6.52. The Labute approximate surface area is 123 Å². The van der Waals surface area contributed by atoms with Gasteiger partial charge in [0.15, 0.2) is 0 Å². The lowest BCUT2D eigenvalue weighted by Gasteiger charge is -2.29. The van der Waals surface area contributed by atoms with E-state index in [-0.39, 0.29) is 35.8 Å². The summed E-state index contributed by atoms with van der Waals surface area (Å²) in [5.74, 6) is 0. The van der Waals surface area contributed by atoms with Gasteiger partial charge in [-0.25, -0.2) is 0 Å². The van der Waals surface area contributed by atoms with Gasteiger partial charge >= 0.3 is 6.18 Å². The van der Waals surface area contributed by atoms with Crippen LogP contribution < -0.4 is 5.73 Å². The molecule has 0 unspecified atom stereocenters.